The summed E-state index contributed by atoms with van der Waals surface area (Å²) in [5, 5.41) is 0. The third-order valence-corrected chi connectivity index (χ3v) is 2.86. The molecular formula is C11H17N3. The third kappa shape index (κ3) is 2.30. The molecule has 0 aliphatic carbocycles. The second kappa shape index (κ2) is 4.53. The van der Waals surface area contributed by atoms with Gasteiger partial charge in [-0.15, -0.1) is 0 Å². The van der Waals surface area contributed by atoms with E-state index >= 15 is 0 Å². The number of rotatable bonds is 3. The first-order valence-corrected chi connectivity index (χ1v) is 5.20. The molecule has 0 saturated carbocycles. The maximum Gasteiger partial charge on any atom is 0.0271 e. The van der Waals surface area contributed by atoms with Crippen LogP contribution in [0.15, 0.2) is 24.5 Å². The Kier molecular flexibility index (Phi) is 3.11. The van der Waals surface area contributed by atoms with Crippen LogP contribution in [0.1, 0.15) is 12.0 Å². The van der Waals surface area contributed by atoms with Gasteiger partial charge in [0.05, 0.1) is 0 Å². The van der Waals surface area contributed by atoms with Crippen LogP contribution in [0, 0.1) is 5.92 Å². The van der Waals surface area contributed by atoms with Crippen LogP contribution < -0.4 is 5.73 Å². The molecule has 1 aromatic rings. The zero-order valence-electron chi connectivity index (χ0n) is 8.39. The van der Waals surface area contributed by atoms with Gasteiger partial charge in [0.15, 0.2) is 0 Å². The number of hydrogen-bond acceptors (Lipinski definition) is 3. The first-order chi connectivity index (χ1) is 6.88. The monoisotopic (exact) mass is 191 g/mol. The van der Waals surface area contributed by atoms with E-state index in [4.69, 9.17) is 5.73 Å². The van der Waals surface area contributed by atoms with Gasteiger partial charge >= 0.3 is 0 Å². The highest BCUT2D eigenvalue weighted by atomic mass is 15.1. The van der Waals surface area contributed by atoms with Crippen molar-refractivity contribution in [2.45, 2.75) is 13.0 Å². The summed E-state index contributed by atoms with van der Waals surface area (Å²) in [7, 11) is 0. The second-order valence-corrected chi connectivity index (χ2v) is 3.98. The second-order valence-electron chi connectivity index (χ2n) is 3.98. The van der Waals surface area contributed by atoms with Crippen molar-refractivity contribution in [1.29, 1.82) is 0 Å². The number of aromatic nitrogens is 1. The molecule has 0 bridgehead atoms. The highest BCUT2D eigenvalue weighted by Crippen LogP contribution is 2.16. The lowest BCUT2D eigenvalue weighted by Gasteiger charge is -2.15. The Hall–Kier alpha value is -0.930. The van der Waals surface area contributed by atoms with Gasteiger partial charge in [-0.1, -0.05) is 0 Å². The molecule has 14 heavy (non-hydrogen) atoms. The average Bonchev–Trinajstić information content (AvgIpc) is 2.67. The normalized spacial score (nSPS) is 22.8. The van der Waals surface area contributed by atoms with Gasteiger partial charge < -0.3 is 5.73 Å². The van der Waals surface area contributed by atoms with Gasteiger partial charge in [-0.25, -0.2) is 0 Å². The van der Waals surface area contributed by atoms with Crippen LogP contribution in [-0.2, 0) is 6.54 Å². The fraction of sp³-hybridized carbons (Fsp3) is 0.545. The highest BCUT2D eigenvalue weighted by Gasteiger charge is 2.20. The number of nitrogens with two attached hydrogens (primary N) is 1. The van der Waals surface area contributed by atoms with Crippen LogP contribution in [0.3, 0.4) is 0 Å². The fourth-order valence-corrected chi connectivity index (χ4v) is 2.00. The lowest BCUT2D eigenvalue weighted by molar-refractivity contribution is 0.318. The Labute approximate surface area is 84.9 Å². The van der Waals surface area contributed by atoms with Gasteiger partial charge in [0.2, 0.25) is 0 Å². The van der Waals surface area contributed by atoms with E-state index in [9.17, 15) is 0 Å². The molecule has 1 saturated heterocycles. The Morgan fingerprint density at radius 3 is 2.86 bits per heavy atom. The minimum absolute atomic E-state index is 0.705. The summed E-state index contributed by atoms with van der Waals surface area (Å²) in [6.07, 6.45) is 4.96. The van der Waals surface area contributed by atoms with Crippen molar-refractivity contribution in [1.82, 2.24) is 9.88 Å². The fourth-order valence-electron chi connectivity index (χ4n) is 2.00. The average molecular weight is 191 g/mol. The Bertz CT molecular complexity index is 273. The van der Waals surface area contributed by atoms with Crippen LogP contribution in [0.2, 0.25) is 0 Å². The Morgan fingerprint density at radius 1 is 1.43 bits per heavy atom. The summed E-state index contributed by atoms with van der Waals surface area (Å²) in [6.45, 7) is 4.20. The molecule has 1 aliphatic heterocycles. The lowest BCUT2D eigenvalue weighted by atomic mass is 10.1. The number of nitrogens with zero attached hydrogens (tertiary/aromatic N) is 2. The molecule has 0 unspecified atom stereocenters. The van der Waals surface area contributed by atoms with Gasteiger partial charge in [0, 0.05) is 25.5 Å². The molecule has 0 radical (unpaired) electrons. The van der Waals surface area contributed by atoms with Crippen LogP contribution in [0.25, 0.3) is 0 Å². The molecule has 0 aromatic carbocycles. The topological polar surface area (TPSA) is 42.1 Å². The SMILES string of the molecule is NC[C@@H]1CCN(Cc2ccncc2)C1. The summed E-state index contributed by atoms with van der Waals surface area (Å²) >= 11 is 0. The summed E-state index contributed by atoms with van der Waals surface area (Å²) in [6, 6.07) is 4.16. The van der Waals surface area contributed by atoms with Gasteiger partial charge in [0.25, 0.3) is 0 Å². The summed E-state index contributed by atoms with van der Waals surface area (Å²) < 4.78 is 0. The van der Waals surface area contributed by atoms with E-state index in [-0.39, 0.29) is 0 Å². The van der Waals surface area contributed by atoms with Crippen molar-refractivity contribution in [3.8, 4) is 0 Å². The smallest absolute Gasteiger partial charge is 0.0271 e. The van der Waals surface area contributed by atoms with Crippen LogP contribution >= 0.6 is 0 Å². The molecule has 76 valence electrons. The molecule has 1 aliphatic rings. The highest BCUT2D eigenvalue weighted by molar-refractivity contribution is 5.09. The van der Waals surface area contributed by atoms with Crippen molar-refractivity contribution in [2.24, 2.45) is 11.7 Å². The van der Waals surface area contributed by atoms with E-state index in [0.717, 1.165) is 19.6 Å². The van der Waals surface area contributed by atoms with E-state index in [0.29, 0.717) is 5.92 Å². The quantitative estimate of drug-likeness (QED) is 0.770. The maximum atomic E-state index is 5.65. The summed E-state index contributed by atoms with van der Waals surface area (Å²) in [5.74, 6) is 0.705. The standard InChI is InChI=1S/C11H17N3/c12-7-11-3-6-14(9-11)8-10-1-4-13-5-2-10/h1-2,4-5,11H,3,6-9,12H2/t11-/m0/s1. The predicted octanol–water partition coefficient (Wildman–Crippen LogP) is 0.862. The zero-order chi connectivity index (χ0) is 9.80. The van der Waals surface area contributed by atoms with Gasteiger partial charge in [0.1, 0.15) is 0 Å². The lowest BCUT2D eigenvalue weighted by Crippen LogP contribution is -2.22. The molecular weight excluding hydrogens is 174 g/mol. The largest absolute Gasteiger partial charge is 0.330 e. The molecule has 2 rings (SSSR count). The Morgan fingerprint density at radius 2 is 2.21 bits per heavy atom. The molecule has 2 heterocycles. The molecule has 2 N–H and O–H groups in total. The molecule has 0 spiro atoms. The van der Waals surface area contributed by atoms with E-state index in [2.05, 4.69) is 22.0 Å². The molecule has 0 amide bonds. The van der Waals surface area contributed by atoms with Gasteiger partial charge in [-0.3, -0.25) is 9.88 Å². The predicted molar refractivity (Wildman–Crippen MR) is 56.7 cm³/mol. The van der Waals surface area contributed by atoms with E-state index in [1.165, 1.54) is 18.5 Å². The Balaban J connectivity index is 1.88. The first kappa shape index (κ1) is 9.62. The van der Waals surface area contributed by atoms with Crippen LogP contribution in [-0.4, -0.2) is 29.5 Å². The van der Waals surface area contributed by atoms with Crippen molar-refractivity contribution in [3.05, 3.63) is 30.1 Å². The first-order valence-electron chi connectivity index (χ1n) is 5.20. The molecule has 3 nitrogen and oxygen atoms in total. The summed E-state index contributed by atoms with van der Waals surface area (Å²) in [4.78, 5) is 6.48. The van der Waals surface area contributed by atoms with E-state index in [1.807, 2.05) is 12.4 Å². The number of likely N-dealkylation sites (tertiary alicyclic amines) is 1. The minimum atomic E-state index is 0.705. The van der Waals surface area contributed by atoms with Crippen molar-refractivity contribution < 1.29 is 0 Å². The van der Waals surface area contributed by atoms with Crippen LogP contribution in [0.5, 0.6) is 0 Å². The molecule has 1 fully saturated rings. The zero-order valence-corrected chi connectivity index (χ0v) is 8.39. The van der Waals surface area contributed by atoms with Crippen molar-refractivity contribution in [2.75, 3.05) is 19.6 Å². The molecule has 1 aromatic heterocycles. The van der Waals surface area contributed by atoms with Crippen molar-refractivity contribution in [3.63, 3.8) is 0 Å². The van der Waals surface area contributed by atoms with Gasteiger partial charge in [-0.05, 0) is 43.1 Å². The molecule has 3 heteroatoms. The van der Waals surface area contributed by atoms with E-state index < -0.39 is 0 Å². The summed E-state index contributed by atoms with van der Waals surface area (Å²) in [5.41, 5.74) is 7.00. The number of pyridine rings is 1. The van der Waals surface area contributed by atoms with E-state index in [1.54, 1.807) is 0 Å². The van der Waals surface area contributed by atoms with Gasteiger partial charge in [-0.2, -0.15) is 0 Å². The van der Waals surface area contributed by atoms with Crippen LogP contribution in [0.4, 0.5) is 0 Å². The third-order valence-electron chi connectivity index (χ3n) is 2.86. The molecule has 1 atom stereocenters. The minimum Gasteiger partial charge on any atom is -0.330 e. The maximum absolute atomic E-state index is 5.65. The number of hydrogen-bond donors (Lipinski definition) is 1. The van der Waals surface area contributed by atoms with Crippen molar-refractivity contribution >= 4 is 0 Å².